The molecule has 2 N–H and O–H groups in total. The van der Waals surface area contributed by atoms with Crippen molar-refractivity contribution < 1.29 is 23.8 Å². The SMILES string of the molecule is CC(C)c1nc(-c2ccc(F)cc2)c(-c2cccc(NC(=O)OC(C)(C)C)c2)n1C=CC(=O)O. The van der Waals surface area contributed by atoms with Gasteiger partial charge in [-0.2, -0.15) is 0 Å². The predicted molar refractivity (Wildman–Crippen MR) is 130 cm³/mol. The summed E-state index contributed by atoms with van der Waals surface area (Å²) in [6, 6.07) is 13.0. The molecule has 34 heavy (non-hydrogen) atoms. The third-order valence-electron chi connectivity index (χ3n) is 4.72. The Morgan fingerprint density at radius 1 is 1.12 bits per heavy atom. The molecule has 0 bridgehead atoms. The number of carbonyl (C=O) groups excluding carboxylic acids is 1. The molecule has 1 heterocycles. The minimum Gasteiger partial charge on any atom is -0.478 e. The predicted octanol–water partition coefficient (Wildman–Crippen LogP) is 6.38. The molecule has 3 aromatic rings. The molecule has 3 rings (SSSR count). The Morgan fingerprint density at radius 3 is 2.38 bits per heavy atom. The fourth-order valence-corrected chi connectivity index (χ4v) is 3.40. The summed E-state index contributed by atoms with van der Waals surface area (Å²) in [6.45, 7) is 9.23. The monoisotopic (exact) mass is 465 g/mol. The molecule has 7 nitrogen and oxygen atoms in total. The number of nitrogens with zero attached hydrogens (tertiary/aromatic N) is 2. The van der Waals surface area contributed by atoms with E-state index in [0.717, 1.165) is 6.08 Å². The Bertz CT molecular complexity index is 1220. The van der Waals surface area contributed by atoms with Crippen molar-refractivity contribution in [3.05, 3.63) is 66.2 Å². The first kappa shape index (κ1) is 24.7. The summed E-state index contributed by atoms with van der Waals surface area (Å²) in [5, 5.41) is 12.0. The van der Waals surface area contributed by atoms with Crippen molar-refractivity contribution in [1.29, 1.82) is 0 Å². The van der Waals surface area contributed by atoms with Crippen LogP contribution < -0.4 is 5.32 Å². The normalized spacial score (nSPS) is 11.7. The highest BCUT2D eigenvalue weighted by molar-refractivity contribution is 5.89. The molecule has 0 atom stereocenters. The highest BCUT2D eigenvalue weighted by Gasteiger charge is 2.22. The van der Waals surface area contributed by atoms with E-state index in [1.165, 1.54) is 18.3 Å². The molecule has 0 saturated carbocycles. The van der Waals surface area contributed by atoms with E-state index < -0.39 is 17.7 Å². The van der Waals surface area contributed by atoms with E-state index >= 15 is 0 Å². The van der Waals surface area contributed by atoms with Gasteiger partial charge in [-0.1, -0.05) is 26.0 Å². The second-order valence-corrected chi connectivity index (χ2v) is 9.06. The van der Waals surface area contributed by atoms with Crippen LogP contribution in [-0.4, -0.2) is 32.3 Å². The molecule has 0 aliphatic heterocycles. The Labute approximate surface area is 197 Å². The number of carboxylic acid groups (broad SMARTS) is 1. The maximum Gasteiger partial charge on any atom is 0.412 e. The van der Waals surface area contributed by atoms with Crippen LogP contribution in [0.2, 0.25) is 0 Å². The molecule has 1 amide bonds. The third kappa shape index (κ3) is 6.10. The topological polar surface area (TPSA) is 93.5 Å². The van der Waals surface area contributed by atoms with Crippen LogP contribution in [0.15, 0.2) is 54.6 Å². The summed E-state index contributed by atoms with van der Waals surface area (Å²) in [4.78, 5) is 28.3. The van der Waals surface area contributed by atoms with Gasteiger partial charge >= 0.3 is 12.1 Å². The van der Waals surface area contributed by atoms with Gasteiger partial charge in [0, 0.05) is 35.0 Å². The average molecular weight is 466 g/mol. The van der Waals surface area contributed by atoms with Gasteiger partial charge < -0.3 is 14.4 Å². The van der Waals surface area contributed by atoms with Crippen LogP contribution in [0.4, 0.5) is 14.9 Å². The molecular formula is C26H28FN3O4. The van der Waals surface area contributed by atoms with Crippen LogP contribution in [0.3, 0.4) is 0 Å². The maximum atomic E-state index is 13.6. The molecule has 8 heteroatoms. The number of hydrogen-bond donors (Lipinski definition) is 2. The molecule has 0 spiro atoms. The van der Waals surface area contributed by atoms with Gasteiger partial charge in [-0.05, 0) is 57.2 Å². The number of anilines is 1. The van der Waals surface area contributed by atoms with Gasteiger partial charge in [-0.3, -0.25) is 5.32 Å². The van der Waals surface area contributed by atoms with Gasteiger partial charge in [-0.25, -0.2) is 19.0 Å². The van der Waals surface area contributed by atoms with E-state index in [2.05, 4.69) is 5.32 Å². The summed E-state index contributed by atoms with van der Waals surface area (Å²) in [5.41, 5.74) is 2.38. The van der Waals surface area contributed by atoms with Crippen LogP contribution in [-0.2, 0) is 9.53 Å². The largest absolute Gasteiger partial charge is 0.478 e. The maximum absolute atomic E-state index is 13.6. The number of aromatic nitrogens is 2. The number of hydrogen-bond acceptors (Lipinski definition) is 4. The molecule has 1 aromatic heterocycles. The van der Waals surface area contributed by atoms with Gasteiger partial charge in [0.15, 0.2) is 0 Å². The zero-order valence-electron chi connectivity index (χ0n) is 19.8. The number of halogens is 1. The molecule has 0 fully saturated rings. The second-order valence-electron chi connectivity index (χ2n) is 9.06. The van der Waals surface area contributed by atoms with Crippen molar-refractivity contribution in [2.45, 2.75) is 46.1 Å². The molecule has 0 saturated heterocycles. The number of rotatable bonds is 6. The molecule has 0 radical (unpaired) electrons. The van der Waals surface area contributed by atoms with Crippen LogP contribution >= 0.6 is 0 Å². The van der Waals surface area contributed by atoms with Crippen LogP contribution in [0.5, 0.6) is 0 Å². The summed E-state index contributed by atoms with van der Waals surface area (Å²) < 4.78 is 20.6. The summed E-state index contributed by atoms with van der Waals surface area (Å²) in [7, 11) is 0. The minimum atomic E-state index is -1.10. The lowest BCUT2D eigenvalue weighted by molar-refractivity contribution is -0.131. The zero-order chi connectivity index (χ0) is 25.0. The highest BCUT2D eigenvalue weighted by Crippen LogP contribution is 2.36. The first-order valence-corrected chi connectivity index (χ1v) is 10.8. The van der Waals surface area contributed by atoms with Gasteiger partial charge in [0.1, 0.15) is 17.2 Å². The van der Waals surface area contributed by atoms with E-state index in [4.69, 9.17) is 9.72 Å². The van der Waals surface area contributed by atoms with E-state index in [1.54, 1.807) is 55.7 Å². The molecular weight excluding hydrogens is 437 g/mol. The molecule has 2 aromatic carbocycles. The van der Waals surface area contributed by atoms with Crippen LogP contribution in [0.1, 0.15) is 46.4 Å². The fraction of sp³-hybridized carbons (Fsp3) is 0.269. The number of imidazole rings is 1. The second kappa shape index (κ2) is 9.91. The quantitative estimate of drug-likeness (QED) is 0.412. The number of ether oxygens (including phenoxy) is 1. The number of amides is 1. The molecule has 0 aliphatic rings. The number of benzene rings is 2. The fourth-order valence-electron chi connectivity index (χ4n) is 3.40. The first-order valence-electron chi connectivity index (χ1n) is 10.8. The van der Waals surface area contributed by atoms with Crippen molar-refractivity contribution >= 4 is 23.9 Å². The number of aliphatic carboxylic acids is 1. The van der Waals surface area contributed by atoms with Crippen molar-refractivity contribution in [2.75, 3.05) is 5.32 Å². The summed E-state index contributed by atoms with van der Waals surface area (Å²) >= 11 is 0. The Kier molecular flexibility index (Phi) is 7.20. The third-order valence-corrected chi connectivity index (χ3v) is 4.72. The minimum absolute atomic E-state index is 0.0329. The van der Waals surface area contributed by atoms with E-state index in [-0.39, 0.29) is 11.7 Å². The molecule has 0 aliphatic carbocycles. The first-order chi connectivity index (χ1) is 15.9. The van der Waals surface area contributed by atoms with Gasteiger partial charge in [0.25, 0.3) is 0 Å². The van der Waals surface area contributed by atoms with Gasteiger partial charge in [0.2, 0.25) is 0 Å². The summed E-state index contributed by atoms with van der Waals surface area (Å²) in [6.07, 6.45) is 1.89. The average Bonchev–Trinajstić information content (AvgIpc) is 3.11. The lowest BCUT2D eigenvalue weighted by atomic mass is 10.0. The molecule has 178 valence electrons. The number of nitrogens with one attached hydrogen (secondary N) is 1. The smallest absolute Gasteiger partial charge is 0.412 e. The van der Waals surface area contributed by atoms with Crippen molar-refractivity contribution in [1.82, 2.24) is 9.55 Å². The van der Waals surface area contributed by atoms with Crippen LogP contribution in [0, 0.1) is 5.82 Å². The zero-order valence-corrected chi connectivity index (χ0v) is 19.8. The highest BCUT2D eigenvalue weighted by atomic mass is 19.1. The van der Waals surface area contributed by atoms with Gasteiger partial charge in [0.05, 0.1) is 11.4 Å². The van der Waals surface area contributed by atoms with E-state index in [1.807, 2.05) is 19.9 Å². The lowest BCUT2D eigenvalue weighted by Gasteiger charge is -2.20. The van der Waals surface area contributed by atoms with Crippen molar-refractivity contribution in [2.24, 2.45) is 0 Å². The van der Waals surface area contributed by atoms with Crippen molar-refractivity contribution in [3.8, 4) is 22.5 Å². The van der Waals surface area contributed by atoms with E-state index in [0.29, 0.717) is 34.0 Å². The standard InChI is InChI=1S/C26H28FN3O4/c1-16(2)24-29-22(17-9-11-19(27)12-10-17)23(30(24)14-13-21(31)32)18-7-6-8-20(15-18)28-25(33)34-26(3,4)5/h6-16H,1-5H3,(H,28,33)(H,31,32). The lowest BCUT2D eigenvalue weighted by Crippen LogP contribution is -2.27. The number of carboxylic acids is 1. The Balaban J connectivity index is 2.18. The Hall–Kier alpha value is -3.94. The van der Waals surface area contributed by atoms with Gasteiger partial charge in [-0.15, -0.1) is 0 Å². The van der Waals surface area contributed by atoms with E-state index in [9.17, 15) is 19.1 Å². The molecule has 0 unspecified atom stereocenters. The number of carbonyl (C=O) groups is 2. The van der Waals surface area contributed by atoms with Crippen LogP contribution in [0.25, 0.3) is 28.7 Å². The Morgan fingerprint density at radius 2 is 1.79 bits per heavy atom. The summed E-state index contributed by atoms with van der Waals surface area (Å²) in [5.74, 6) is -0.868. The van der Waals surface area contributed by atoms with Crippen molar-refractivity contribution in [3.63, 3.8) is 0 Å².